The van der Waals surface area contributed by atoms with Crippen LogP contribution in [0.4, 0.5) is 0 Å². The van der Waals surface area contributed by atoms with Gasteiger partial charge in [0.1, 0.15) is 11.6 Å². The van der Waals surface area contributed by atoms with Crippen molar-refractivity contribution in [1.82, 2.24) is 0 Å². The molecule has 0 aromatic rings. The first-order chi connectivity index (χ1) is 15.9. The van der Waals surface area contributed by atoms with Crippen molar-refractivity contribution < 1.29 is 24.2 Å². The van der Waals surface area contributed by atoms with Crippen molar-refractivity contribution in [1.29, 1.82) is 0 Å². The lowest BCUT2D eigenvalue weighted by Gasteiger charge is -2.64. The smallest absolute Gasteiger partial charge is 0.330 e. The number of hydrogen-bond donors (Lipinski definition) is 1. The molecule has 5 nitrogen and oxygen atoms in total. The van der Waals surface area contributed by atoms with Gasteiger partial charge < -0.3 is 9.84 Å². The molecule has 1 saturated heterocycles. The number of carbonyl (C=O) groups excluding carboxylic acids is 2. The van der Waals surface area contributed by atoms with Gasteiger partial charge in [0.15, 0.2) is 0 Å². The molecule has 188 valence electrons. The van der Waals surface area contributed by atoms with E-state index in [-0.39, 0.29) is 22.7 Å². The number of carbonyl (C=O) groups is 3. The first-order valence-corrected chi connectivity index (χ1v) is 13.5. The summed E-state index contributed by atoms with van der Waals surface area (Å²) >= 11 is 0. The van der Waals surface area contributed by atoms with Crippen molar-refractivity contribution in [3.05, 3.63) is 11.6 Å². The molecule has 0 unspecified atom stereocenters. The number of carboxylic acid groups (broad SMARTS) is 1. The average molecular weight is 471 g/mol. The zero-order chi connectivity index (χ0) is 24.7. The summed E-state index contributed by atoms with van der Waals surface area (Å²) in [6, 6.07) is 0. The van der Waals surface area contributed by atoms with E-state index in [9.17, 15) is 14.4 Å². The molecule has 1 aliphatic heterocycles. The quantitative estimate of drug-likeness (QED) is 0.528. The van der Waals surface area contributed by atoms with Gasteiger partial charge in [0.05, 0.1) is 17.6 Å². The maximum absolute atomic E-state index is 14.2. The third kappa shape index (κ3) is 2.85. The van der Waals surface area contributed by atoms with Gasteiger partial charge in [0, 0.05) is 30.3 Å². The van der Waals surface area contributed by atoms with E-state index in [1.165, 1.54) is 0 Å². The van der Waals surface area contributed by atoms with E-state index in [2.05, 4.69) is 20.8 Å². The van der Waals surface area contributed by atoms with Gasteiger partial charge in [-0.15, -0.1) is 0 Å². The minimum absolute atomic E-state index is 0.0380. The summed E-state index contributed by atoms with van der Waals surface area (Å²) < 4.78 is 6.58. The van der Waals surface area contributed by atoms with Crippen LogP contribution in [0.15, 0.2) is 11.6 Å². The van der Waals surface area contributed by atoms with Gasteiger partial charge in [-0.25, -0.2) is 4.79 Å². The Labute approximate surface area is 204 Å². The topological polar surface area (TPSA) is 80.7 Å². The zero-order valence-electron chi connectivity index (χ0n) is 21.6. The Balaban J connectivity index is 1.43. The molecule has 1 heterocycles. The maximum atomic E-state index is 14.2. The average Bonchev–Trinajstić information content (AvgIpc) is 3.18. The number of ether oxygens (including phenoxy) is 1. The van der Waals surface area contributed by atoms with E-state index >= 15 is 0 Å². The SMILES string of the molecule is C/C(=C\CC[C@H](C)[C@H]1CC[C@@]2(C)[C@@H]3CC[C@@]45OC[C@@]3(C(=O)C[C@]12C)[C@@H]4CCC(=O)[C@@H]5C)C(=O)O. The number of fused-ring (bicyclic) bond motifs is 2. The van der Waals surface area contributed by atoms with Crippen molar-refractivity contribution in [3.8, 4) is 0 Å². The predicted molar refractivity (Wildman–Crippen MR) is 129 cm³/mol. The van der Waals surface area contributed by atoms with Gasteiger partial charge in [-0.1, -0.05) is 33.8 Å². The fourth-order valence-electron chi connectivity index (χ4n) is 10.0. The molecule has 1 N–H and O–H groups in total. The lowest BCUT2D eigenvalue weighted by Crippen LogP contribution is -2.66. The fourth-order valence-corrected chi connectivity index (χ4v) is 10.0. The second-order valence-corrected chi connectivity index (χ2v) is 13.0. The molecule has 5 heteroatoms. The van der Waals surface area contributed by atoms with Gasteiger partial charge in [-0.2, -0.15) is 0 Å². The first-order valence-electron chi connectivity index (χ1n) is 13.5. The molecule has 34 heavy (non-hydrogen) atoms. The Morgan fingerprint density at radius 3 is 2.59 bits per heavy atom. The Morgan fingerprint density at radius 2 is 1.88 bits per heavy atom. The minimum Gasteiger partial charge on any atom is -0.478 e. The number of Topliss-reactive ketones (excluding diaryl/α,β-unsaturated/α-hetero) is 2. The van der Waals surface area contributed by atoms with Crippen LogP contribution in [0.5, 0.6) is 0 Å². The summed E-state index contributed by atoms with van der Waals surface area (Å²) in [6.45, 7) is 11.4. The fraction of sp³-hybridized carbons (Fsp3) is 0.828. The van der Waals surface area contributed by atoms with E-state index in [1.807, 2.05) is 13.0 Å². The molecule has 0 radical (unpaired) electrons. The lowest BCUT2D eigenvalue weighted by atomic mass is 9.37. The predicted octanol–water partition coefficient (Wildman–Crippen LogP) is 5.61. The first kappa shape index (κ1) is 24.2. The lowest BCUT2D eigenvalue weighted by molar-refractivity contribution is -0.184. The molecule has 2 bridgehead atoms. The molecular formula is C29H42O5. The molecule has 5 aliphatic rings. The Morgan fingerprint density at radius 1 is 1.15 bits per heavy atom. The number of ketones is 2. The van der Waals surface area contributed by atoms with Crippen LogP contribution < -0.4 is 0 Å². The van der Waals surface area contributed by atoms with Gasteiger partial charge in [0.2, 0.25) is 0 Å². The maximum Gasteiger partial charge on any atom is 0.330 e. The van der Waals surface area contributed by atoms with Gasteiger partial charge in [-0.3, -0.25) is 9.59 Å². The van der Waals surface area contributed by atoms with Crippen molar-refractivity contribution in [2.24, 2.45) is 45.8 Å². The molecule has 5 rings (SSSR count). The highest BCUT2D eigenvalue weighted by Crippen LogP contribution is 2.76. The largest absolute Gasteiger partial charge is 0.478 e. The summed E-state index contributed by atoms with van der Waals surface area (Å²) in [5, 5.41) is 9.16. The molecular weight excluding hydrogens is 428 g/mol. The summed E-state index contributed by atoms with van der Waals surface area (Å²) in [5.41, 5.74) is -0.343. The zero-order valence-corrected chi connectivity index (χ0v) is 21.6. The number of aliphatic carboxylic acids is 1. The summed E-state index contributed by atoms with van der Waals surface area (Å²) in [5.74, 6) is 1.22. The van der Waals surface area contributed by atoms with Crippen LogP contribution >= 0.6 is 0 Å². The number of allylic oxidation sites excluding steroid dienone is 1. The van der Waals surface area contributed by atoms with E-state index < -0.39 is 17.0 Å². The van der Waals surface area contributed by atoms with Crippen molar-refractivity contribution in [2.75, 3.05) is 6.61 Å². The van der Waals surface area contributed by atoms with Gasteiger partial charge >= 0.3 is 5.97 Å². The van der Waals surface area contributed by atoms with Crippen molar-refractivity contribution in [2.45, 2.75) is 98.0 Å². The van der Waals surface area contributed by atoms with E-state index in [1.54, 1.807) is 6.92 Å². The molecule has 4 aliphatic carbocycles. The van der Waals surface area contributed by atoms with Crippen LogP contribution in [0.1, 0.15) is 92.4 Å². The second-order valence-electron chi connectivity index (χ2n) is 13.0. The highest BCUT2D eigenvalue weighted by atomic mass is 16.5. The van der Waals surface area contributed by atoms with Crippen LogP contribution in [0.25, 0.3) is 0 Å². The molecule has 9 atom stereocenters. The Bertz CT molecular complexity index is 952. The molecule has 1 spiro atoms. The standard InChI is InChI=1S/C29H42O5/c1-17(7-6-8-18(2)25(32)33)20-11-13-26(4)22-12-14-29-19(3)21(30)9-10-23(29)28(22,16-34-29)24(31)15-27(20,26)5/h8,17,19-20,22-23H,6-7,9-16H2,1-5H3,(H,32,33)/b18-8+/t17-,19-,20+,22-,23-,26-,27+,28-,29-/m0/s1. The second kappa shape index (κ2) is 7.75. The van der Waals surface area contributed by atoms with Crippen LogP contribution in [-0.2, 0) is 19.1 Å². The summed E-state index contributed by atoms with van der Waals surface area (Å²) in [4.78, 5) is 38.0. The molecule has 0 aromatic carbocycles. The van der Waals surface area contributed by atoms with E-state index in [4.69, 9.17) is 9.84 Å². The Hall–Kier alpha value is -1.49. The third-order valence-electron chi connectivity index (χ3n) is 12.1. The van der Waals surface area contributed by atoms with Crippen LogP contribution in [0, 0.1) is 45.8 Å². The summed E-state index contributed by atoms with van der Waals surface area (Å²) in [7, 11) is 0. The highest BCUT2D eigenvalue weighted by molar-refractivity contribution is 5.90. The van der Waals surface area contributed by atoms with Crippen LogP contribution in [0.3, 0.4) is 0 Å². The number of carboxylic acids is 1. The van der Waals surface area contributed by atoms with Crippen molar-refractivity contribution in [3.63, 3.8) is 0 Å². The third-order valence-corrected chi connectivity index (χ3v) is 12.1. The van der Waals surface area contributed by atoms with E-state index in [0.29, 0.717) is 54.3 Å². The summed E-state index contributed by atoms with van der Waals surface area (Å²) in [6.07, 6.45) is 9.80. The van der Waals surface area contributed by atoms with Crippen LogP contribution in [-0.4, -0.2) is 34.9 Å². The highest BCUT2D eigenvalue weighted by Gasteiger charge is 2.77. The molecule has 0 amide bonds. The number of hydrogen-bond acceptors (Lipinski definition) is 4. The molecule has 5 fully saturated rings. The Kier molecular flexibility index (Phi) is 5.52. The van der Waals surface area contributed by atoms with Crippen molar-refractivity contribution >= 4 is 17.5 Å². The molecule has 4 saturated carbocycles. The molecule has 0 aromatic heterocycles. The number of rotatable bonds is 5. The minimum atomic E-state index is -0.845. The van der Waals surface area contributed by atoms with Gasteiger partial charge in [-0.05, 0) is 80.5 Å². The van der Waals surface area contributed by atoms with Crippen LogP contribution in [0.2, 0.25) is 0 Å². The van der Waals surface area contributed by atoms with E-state index in [0.717, 1.165) is 44.9 Å². The normalized spacial score (nSPS) is 48.8. The monoisotopic (exact) mass is 470 g/mol. The van der Waals surface area contributed by atoms with Gasteiger partial charge in [0.25, 0.3) is 0 Å².